The minimum absolute atomic E-state index is 0.00569. The first-order valence-corrected chi connectivity index (χ1v) is 11.0. The van der Waals surface area contributed by atoms with Crippen LogP contribution in [0.25, 0.3) is 0 Å². The summed E-state index contributed by atoms with van der Waals surface area (Å²) in [6, 6.07) is 5.33. The average Bonchev–Trinajstić information content (AvgIpc) is 3.23. The van der Waals surface area contributed by atoms with Crippen LogP contribution in [0.15, 0.2) is 29.2 Å². The molecule has 14 heteroatoms. The monoisotopic (exact) mass is 475 g/mol. The van der Waals surface area contributed by atoms with Crippen LogP contribution in [0.2, 0.25) is 0 Å². The SMILES string of the molecule is CCOC(=O)c1ccc(S(=O)(=O)N2CCC(C(=O)Nc3n[nH]c(C(F)(F)F)n3)CC2)cc1. The molecule has 0 aliphatic carbocycles. The highest BCUT2D eigenvalue weighted by Crippen LogP contribution is 2.27. The van der Waals surface area contributed by atoms with Gasteiger partial charge in [-0.1, -0.05) is 0 Å². The number of carbonyl (C=O) groups is 2. The Labute approximate surface area is 181 Å². The Morgan fingerprint density at radius 2 is 1.84 bits per heavy atom. The van der Waals surface area contributed by atoms with Crippen LogP contribution in [0.4, 0.5) is 19.1 Å². The number of amides is 1. The number of rotatable bonds is 6. The van der Waals surface area contributed by atoms with Gasteiger partial charge in [-0.25, -0.2) is 13.2 Å². The molecule has 0 saturated carbocycles. The van der Waals surface area contributed by atoms with E-state index >= 15 is 0 Å². The van der Waals surface area contributed by atoms with Crippen molar-refractivity contribution in [2.45, 2.75) is 30.8 Å². The second-order valence-corrected chi connectivity index (χ2v) is 8.86. The number of aromatic amines is 1. The maximum Gasteiger partial charge on any atom is 0.451 e. The Morgan fingerprint density at radius 3 is 2.38 bits per heavy atom. The number of aromatic nitrogens is 3. The highest BCUT2D eigenvalue weighted by Gasteiger charge is 2.36. The molecule has 32 heavy (non-hydrogen) atoms. The number of nitrogens with zero attached hydrogens (tertiary/aromatic N) is 3. The number of piperidine rings is 1. The zero-order valence-corrected chi connectivity index (χ0v) is 17.7. The van der Waals surface area contributed by atoms with E-state index in [0.717, 1.165) is 0 Å². The molecule has 1 saturated heterocycles. The second kappa shape index (κ2) is 9.24. The topological polar surface area (TPSA) is 134 Å². The van der Waals surface area contributed by atoms with Crippen molar-refractivity contribution in [1.82, 2.24) is 19.5 Å². The smallest absolute Gasteiger partial charge is 0.451 e. The van der Waals surface area contributed by atoms with Gasteiger partial charge < -0.3 is 4.74 Å². The summed E-state index contributed by atoms with van der Waals surface area (Å²) < 4.78 is 69.4. The van der Waals surface area contributed by atoms with Gasteiger partial charge in [0.1, 0.15) is 0 Å². The average molecular weight is 475 g/mol. The zero-order valence-electron chi connectivity index (χ0n) is 16.8. The largest absolute Gasteiger partial charge is 0.462 e. The standard InChI is InChI=1S/C18H20F3N5O5S/c1-2-31-15(28)12-3-5-13(6-4-12)32(29,30)26-9-7-11(8-10-26)14(27)22-17-23-16(24-25-17)18(19,20)21/h3-6,11H,2,7-10H2,1H3,(H2,22,23,24,25,27). The predicted molar refractivity (Wildman–Crippen MR) is 104 cm³/mol. The Morgan fingerprint density at radius 1 is 1.22 bits per heavy atom. The molecule has 0 atom stereocenters. The van der Waals surface area contributed by atoms with Gasteiger partial charge in [0.2, 0.25) is 27.7 Å². The Kier molecular flexibility index (Phi) is 6.83. The molecule has 1 fully saturated rings. The molecule has 3 rings (SSSR count). The lowest BCUT2D eigenvalue weighted by Crippen LogP contribution is -2.41. The van der Waals surface area contributed by atoms with Crippen molar-refractivity contribution in [1.29, 1.82) is 0 Å². The van der Waals surface area contributed by atoms with E-state index in [1.54, 1.807) is 12.0 Å². The lowest BCUT2D eigenvalue weighted by Gasteiger charge is -2.30. The molecular weight excluding hydrogens is 455 g/mol. The fourth-order valence-electron chi connectivity index (χ4n) is 3.14. The molecule has 1 aromatic carbocycles. The molecule has 1 aromatic heterocycles. The van der Waals surface area contributed by atoms with Crippen LogP contribution >= 0.6 is 0 Å². The van der Waals surface area contributed by atoms with Crippen molar-refractivity contribution < 1.29 is 35.9 Å². The molecule has 0 unspecified atom stereocenters. The summed E-state index contributed by atoms with van der Waals surface area (Å²) in [5.41, 5.74) is 0.224. The summed E-state index contributed by atoms with van der Waals surface area (Å²) >= 11 is 0. The summed E-state index contributed by atoms with van der Waals surface area (Å²) in [6.07, 6.45) is -4.38. The fraction of sp³-hybridized carbons (Fsp3) is 0.444. The van der Waals surface area contributed by atoms with Gasteiger partial charge in [-0.2, -0.15) is 22.5 Å². The zero-order chi connectivity index (χ0) is 23.5. The maximum absolute atomic E-state index is 12.8. The molecule has 1 amide bonds. The van der Waals surface area contributed by atoms with Gasteiger partial charge >= 0.3 is 12.1 Å². The third kappa shape index (κ3) is 5.24. The van der Waals surface area contributed by atoms with Gasteiger partial charge in [-0.05, 0) is 44.0 Å². The van der Waals surface area contributed by atoms with Crippen LogP contribution < -0.4 is 5.32 Å². The summed E-state index contributed by atoms with van der Waals surface area (Å²) in [5.74, 6) is -3.59. The molecule has 10 nitrogen and oxygen atoms in total. The van der Waals surface area contributed by atoms with E-state index in [1.807, 2.05) is 0 Å². The van der Waals surface area contributed by atoms with Crippen molar-refractivity contribution in [3.8, 4) is 0 Å². The molecular formula is C18H20F3N5O5S. The molecule has 2 heterocycles. The number of ether oxygens (including phenoxy) is 1. The van der Waals surface area contributed by atoms with Gasteiger partial charge in [0.05, 0.1) is 17.1 Å². The van der Waals surface area contributed by atoms with E-state index < -0.39 is 45.8 Å². The van der Waals surface area contributed by atoms with Crippen LogP contribution in [0.5, 0.6) is 0 Å². The number of nitrogens with one attached hydrogen (secondary N) is 2. The quantitative estimate of drug-likeness (QED) is 0.611. The summed E-state index contributed by atoms with van der Waals surface area (Å²) in [7, 11) is -3.84. The van der Waals surface area contributed by atoms with Crippen molar-refractivity contribution in [3.63, 3.8) is 0 Å². The molecule has 1 aliphatic rings. The van der Waals surface area contributed by atoms with Gasteiger partial charge in [0, 0.05) is 19.0 Å². The molecule has 174 valence electrons. The number of H-pyrrole nitrogens is 1. The predicted octanol–water partition coefficient (Wildman–Crippen LogP) is 2.04. The molecule has 0 bridgehead atoms. The molecule has 1 aliphatic heterocycles. The number of sulfonamides is 1. The van der Waals surface area contributed by atoms with Crippen LogP contribution in [-0.4, -0.2) is 59.5 Å². The first-order chi connectivity index (χ1) is 15.0. The third-order valence-electron chi connectivity index (χ3n) is 4.82. The van der Waals surface area contributed by atoms with Gasteiger partial charge in [0.15, 0.2) is 0 Å². The van der Waals surface area contributed by atoms with Crippen LogP contribution in [0.1, 0.15) is 35.9 Å². The first-order valence-electron chi connectivity index (χ1n) is 9.60. The number of benzene rings is 1. The second-order valence-electron chi connectivity index (χ2n) is 6.92. The van der Waals surface area contributed by atoms with E-state index in [4.69, 9.17) is 4.74 Å². The minimum atomic E-state index is -4.72. The van der Waals surface area contributed by atoms with Crippen molar-refractivity contribution in [3.05, 3.63) is 35.7 Å². The Hall–Kier alpha value is -3.00. The number of hydrogen-bond donors (Lipinski definition) is 2. The van der Waals surface area contributed by atoms with Crippen molar-refractivity contribution >= 4 is 27.8 Å². The molecule has 0 radical (unpaired) electrons. The lowest BCUT2D eigenvalue weighted by molar-refractivity contribution is -0.144. The van der Waals surface area contributed by atoms with Crippen LogP contribution in [0, 0.1) is 5.92 Å². The number of alkyl halides is 3. The number of hydrogen-bond acceptors (Lipinski definition) is 7. The van der Waals surface area contributed by atoms with Gasteiger partial charge in [-0.15, -0.1) is 5.10 Å². The van der Waals surface area contributed by atoms with E-state index in [-0.39, 0.29) is 43.0 Å². The van der Waals surface area contributed by atoms with Crippen LogP contribution in [0.3, 0.4) is 0 Å². The normalized spacial score (nSPS) is 16.0. The van der Waals surface area contributed by atoms with Crippen molar-refractivity contribution in [2.24, 2.45) is 5.92 Å². The van der Waals surface area contributed by atoms with Gasteiger partial charge in [-0.3, -0.25) is 15.2 Å². The highest BCUT2D eigenvalue weighted by molar-refractivity contribution is 7.89. The van der Waals surface area contributed by atoms with E-state index in [1.165, 1.54) is 28.6 Å². The minimum Gasteiger partial charge on any atom is -0.462 e. The summed E-state index contributed by atoms with van der Waals surface area (Å²) in [6.45, 7) is 1.94. The van der Waals surface area contributed by atoms with Gasteiger partial charge in [0.25, 0.3) is 0 Å². The third-order valence-corrected chi connectivity index (χ3v) is 6.73. The Bertz CT molecular complexity index is 1080. The highest BCUT2D eigenvalue weighted by atomic mass is 32.2. The lowest BCUT2D eigenvalue weighted by atomic mass is 9.97. The van der Waals surface area contributed by atoms with E-state index in [0.29, 0.717) is 0 Å². The summed E-state index contributed by atoms with van der Waals surface area (Å²) in [5, 5.41) is 7.23. The number of carbonyl (C=O) groups excluding carboxylic acids is 2. The fourth-order valence-corrected chi connectivity index (χ4v) is 4.61. The molecule has 2 N–H and O–H groups in total. The Balaban J connectivity index is 1.59. The van der Waals surface area contributed by atoms with Crippen LogP contribution in [-0.2, 0) is 25.7 Å². The molecule has 2 aromatic rings. The number of anilines is 1. The van der Waals surface area contributed by atoms with E-state index in [2.05, 4.69) is 15.4 Å². The maximum atomic E-state index is 12.8. The first kappa shape index (κ1) is 23.7. The van der Waals surface area contributed by atoms with E-state index in [9.17, 15) is 31.2 Å². The number of esters is 1. The summed E-state index contributed by atoms with van der Waals surface area (Å²) in [4.78, 5) is 27.2. The number of halogens is 3. The van der Waals surface area contributed by atoms with Crippen molar-refractivity contribution in [2.75, 3.05) is 25.0 Å². The molecule has 0 spiro atoms.